The summed E-state index contributed by atoms with van der Waals surface area (Å²) >= 11 is 5.99. The normalized spacial score (nSPS) is 17.8. The largest absolute Gasteiger partial charge is 0.345 e. The Kier molecular flexibility index (Phi) is 4.46. The van der Waals surface area contributed by atoms with Crippen molar-refractivity contribution in [3.63, 3.8) is 0 Å². The van der Waals surface area contributed by atoms with E-state index in [2.05, 4.69) is 36.2 Å². The van der Waals surface area contributed by atoms with Gasteiger partial charge in [-0.25, -0.2) is 0 Å². The number of aryl methyl sites for hydroxylation is 1. The zero-order valence-corrected chi connectivity index (χ0v) is 14.5. The Morgan fingerprint density at radius 3 is 2.65 bits per heavy atom. The molecule has 0 aliphatic carbocycles. The number of carbonyl (C=O) groups excluding carboxylic acids is 1. The quantitative estimate of drug-likeness (QED) is 0.865. The van der Waals surface area contributed by atoms with Crippen molar-refractivity contribution in [3.8, 4) is 0 Å². The molecule has 3 rings (SSSR count). The molecule has 1 aliphatic rings. The van der Waals surface area contributed by atoms with E-state index in [0.717, 1.165) is 13.0 Å². The number of fused-ring (bicyclic) bond motifs is 1. The minimum atomic E-state index is 0.00617. The van der Waals surface area contributed by atoms with Crippen molar-refractivity contribution in [1.82, 2.24) is 14.4 Å². The maximum atomic E-state index is 12.6. The first-order valence-corrected chi connectivity index (χ1v) is 8.18. The lowest BCUT2D eigenvalue weighted by Gasteiger charge is -2.36. The predicted octanol–water partition coefficient (Wildman–Crippen LogP) is 2.81. The van der Waals surface area contributed by atoms with E-state index in [1.165, 1.54) is 11.1 Å². The number of halogens is 1. The van der Waals surface area contributed by atoms with Gasteiger partial charge in [0.1, 0.15) is 5.69 Å². The van der Waals surface area contributed by atoms with E-state index in [4.69, 9.17) is 11.6 Å². The third-order valence-electron chi connectivity index (χ3n) is 4.64. The average molecular weight is 332 g/mol. The van der Waals surface area contributed by atoms with Crippen LogP contribution in [0.5, 0.6) is 0 Å². The number of rotatable bonds is 3. The van der Waals surface area contributed by atoms with Gasteiger partial charge in [0.2, 0.25) is 0 Å². The molecule has 0 radical (unpaired) electrons. The van der Waals surface area contributed by atoms with Gasteiger partial charge in [-0.1, -0.05) is 35.9 Å². The molecule has 4 nitrogen and oxygen atoms in total. The lowest BCUT2D eigenvalue weighted by molar-refractivity contribution is 0.0724. The summed E-state index contributed by atoms with van der Waals surface area (Å²) in [6.07, 6.45) is 2.73. The zero-order valence-electron chi connectivity index (χ0n) is 13.8. The highest BCUT2D eigenvalue weighted by Crippen LogP contribution is 2.23. The van der Waals surface area contributed by atoms with Crippen LogP contribution in [-0.4, -0.2) is 47.0 Å². The van der Waals surface area contributed by atoms with Gasteiger partial charge in [0.15, 0.2) is 0 Å². The molecule has 0 fully saturated rings. The molecule has 2 aromatic rings. The standard InChI is InChI=1S/C18H22ClN3O/c1-20-10-14-7-5-4-6-13(14)8-16(20)12-22(3)18(23)17-9-15(19)11-21(17)2/h4-7,9,11,16H,8,10,12H2,1-3H3/t16-/m1/s1. The molecule has 0 saturated carbocycles. The van der Waals surface area contributed by atoms with E-state index < -0.39 is 0 Å². The van der Waals surface area contributed by atoms with Crippen LogP contribution in [0.3, 0.4) is 0 Å². The fourth-order valence-electron chi connectivity index (χ4n) is 3.25. The number of amides is 1. The summed E-state index contributed by atoms with van der Waals surface area (Å²) in [5.74, 6) is 0.00617. The lowest BCUT2D eigenvalue weighted by Crippen LogP contribution is -2.46. The monoisotopic (exact) mass is 331 g/mol. The van der Waals surface area contributed by atoms with Crippen molar-refractivity contribution in [3.05, 3.63) is 58.4 Å². The molecule has 1 aromatic carbocycles. The summed E-state index contributed by atoms with van der Waals surface area (Å²) in [7, 11) is 5.83. The summed E-state index contributed by atoms with van der Waals surface area (Å²) in [4.78, 5) is 16.7. The van der Waals surface area contributed by atoms with Crippen LogP contribution < -0.4 is 0 Å². The van der Waals surface area contributed by atoms with Crippen LogP contribution in [0.1, 0.15) is 21.6 Å². The van der Waals surface area contributed by atoms with Gasteiger partial charge in [0.25, 0.3) is 5.91 Å². The molecule has 0 spiro atoms. The molecular weight excluding hydrogens is 310 g/mol. The Bertz CT molecular complexity index is 725. The Labute approximate surface area is 142 Å². The summed E-state index contributed by atoms with van der Waals surface area (Å²) in [5.41, 5.74) is 3.39. The van der Waals surface area contributed by atoms with Crippen LogP contribution in [0.2, 0.25) is 5.02 Å². The van der Waals surface area contributed by atoms with Gasteiger partial charge in [0.05, 0.1) is 5.02 Å². The lowest BCUT2D eigenvalue weighted by atomic mass is 9.94. The fraction of sp³-hybridized carbons (Fsp3) is 0.389. The van der Waals surface area contributed by atoms with Gasteiger partial charge in [-0.3, -0.25) is 9.69 Å². The van der Waals surface area contributed by atoms with Gasteiger partial charge in [-0.05, 0) is 30.7 Å². The van der Waals surface area contributed by atoms with Crippen molar-refractivity contribution in [2.75, 3.05) is 20.6 Å². The van der Waals surface area contributed by atoms with E-state index >= 15 is 0 Å². The van der Waals surface area contributed by atoms with Crippen molar-refractivity contribution in [2.45, 2.75) is 19.0 Å². The molecule has 5 heteroatoms. The highest BCUT2D eigenvalue weighted by Gasteiger charge is 2.26. The number of aromatic nitrogens is 1. The molecular formula is C18H22ClN3O. The Morgan fingerprint density at radius 1 is 1.30 bits per heavy atom. The molecule has 0 N–H and O–H groups in total. The van der Waals surface area contributed by atoms with Crippen LogP contribution in [-0.2, 0) is 20.0 Å². The second-order valence-corrected chi connectivity index (χ2v) is 6.82. The Morgan fingerprint density at radius 2 is 2.00 bits per heavy atom. The maximum absolute atomic E-state index is 12.6. The summed E-state index contributed by atoms with van der Waals surface area (Å²) in [5, 5.41) is 0.591. The summed E-state index contributed by atoms with van der Waals surface area (Å²) < 4.78 is 1.78. The smallest absolute Gasteiger partial charge is 0.270 e. The molecule has 1 aromatic heterocycles. The van der Waals surface area contributed by atoms with Gasteiger partial charge in [0, 0.05) is 39.4 Å². The molecule has 0 saturated heterocycles. The number of hydrogen-bond acceptors (Lipinski definition) is 2. The highest BCUT2D eigenvalue weighted by molar-refractivity contribution is 6.31. The first-order valence-electron chi connectivity index (χ1n) is 7.80. The number of hydrogen-bond donors (Lipinski definition) is 0. The van der Waals surface area contributed by atoms with Crippen LogP contribution in [0.25, 0.3) is 0 Å². The van der Waals surface area contributed by atoms with Crippen LogP contribution >= 0.6 is 11.6 Å². The second-order valence-electron chi connectivity index (χ2n) is 6.38. The molecule has 1 amide bonds. The minimum absolute atomic E-state index is 0.00617. The van der Waals surface area contributed by atoms with E-state index in [9.17, 15) is 4.79 Å². The first kappa shape index (κ1) is 16.1. The van der Waals surface area contributed by atoms with Crippen molar-refractivity contribution >= 4 is 17.5 Å². The van der Waals surface area contributed by atoms with Gasteiger partial charge in [-0.15, -0.1) is 0 Å². The minimum Gasteiger partial charge on any atom is -0.345 e. The van der Waals surface area contributed by atoms with Crippen LogP contribution in [0.4, 0.5) is 0 Å². The van der Waals surface area contributed by atoms with E-state index in [-0.39, 0.29) is 5.91 Å². The zero-order chi connectivity index (χ0) is 16.6. The average Bonchev–Trinajstić information content (AvgIpc) is 2.85. The second kappa shape index (κ2) is 6.38. The number of likely N-dealkylation sites (N-methyl/N-ethyl adjacent to an activating group) is 2. The molecule has 0 bridgehead atoms. The van der Waals surface area contributed by atoms with Crippen LogP contribution in [0.15, 0.2) is 36.5 Å². The molecule has 1 aliphatic heterocycles. The Balaban J connectivity index is 1.72. The highest BCUT2D eigenvalue weighted by atomic mass is 35.5. The van der Waals surface area contributed by atoms with Gasteiger partial charge < -0.3 is 9.47 Å². The van der Waals surface area contributed by atoms with Gasteiger partial charge >= 0.3 is 0 Å². The topological polar surface area (TPSA) is 28.5 Å². The fourth-order valence-corrected chi connectivity index (χ4v) is 3.50. The predicted molar refractivity (Wildman–Crippen MR) is 92.8 cm³/mol. The number of benzene rings is 1. The molecule has 2 heterocycles. The summed E-state index contributed by atoms with van der Waals surface area (Å²) in [6.45, 7) is 1.63. The third-order valence-corrected chi connectivity index (χ3v) is 4.85. The molecule has 0 unspecified atom stereocenters. The van der Waals surface area contributed by atoms with Crippen molar-refractivity contribution < 1.29 is 4.79 Å². The van der Waals surface area contributed by atoms with Crippen molar-refractivity contribution in [2.24, 2.45) is 7.05 Å². The van der Waals surface area contributed by atoms with Crippen LogP contribution in [0, 0.1) is 0 Å². The van der Waals surface area contributed by atoms with E-state index in [0.29, 0.717) is 23.3 Å². The van der Waals surface area contributed by atoms with E-state index in [1.54, 1.807) is 21.7 Å². The summed E-state index contributed by atoms with van der Waals surface area (Å²) in [6, 6.07) is 10.6. The maximum Gasteiger partial charge on any atom is 0.270 e. The van der Waals surface area contributed by atoms with Gasteiger partial charge in [-0.2, -0.15) is 0 Å². The number of carbonyl (C=O) groups is 1. The van der Waals surface area contributed by atoms with Crippen molar-refractivity contribution in [1.29, 1.82) is 0 Å². The first-order chi connectivity index (χ1) is 11.0. The SMILES string of the molecule is CN(C[C@H]1Cc2ccccc2CN1C)C(=O)c1cc(Cl)cn1C. The number of nitrogens with zero attached hydrogens (tertiary/aromatic N) is 3. The molecule has 122 valence electrons. The molecule has 23 heavy (non-hydrogen) atoms. The Hall–Kier alpha value is -1.78. The third kappa shape index (κ3) is 3.28. The van der Waals surface area contributed by atoms with E-state index in [1.807, 2.05) is 14.1 Å². The molecule has 1 atom stereocenters.